The van der Waals surface area contributed by atoms with Crippen molar-refractivity contribution in [3.63, 3.8) is 0 Å². The third kappa shape index (κ3) is 3.82. The van der Waals surface area contributed by atoms with Crippen molar-refractivity contribution in [2.45, 2.75) is 31.3 Å². The molecule has 1 aromatic heterocycles. The molecule has 1 fully saturated rings. The maximum absolute atomic E-state index is 11.6. The fraction of sp³-hybridized carbons (Fsp3) is 0.500. The van der Waals surface area contributed by atoms with Gasteiger partial charge in [-0.25, -0.2) is 4.79 Å². The van der Waals surface area contributed by atoms with Crippen LogP contribution in [-0.4, -0.2) is 29.6 Å². The number of carboxylic acids is 1. The molecule has 1 aliphatic carbocycles. The van der Waals surface area contributed by atoms with Crippen LogP contribution >= 0.6 is 11.3 Å². The van der Waals surface area contributed by atoms with Gasteiger partial charge in [-0.15, -0.1) is 11.3 Å². The van der Waals surface area contributed by atoms with Crippen LogP contribution in [0.15, 0.2) is 17.5 Å². The quantitative estimate of drug-likeness (QED) is 0.692. The van der Waals surface area contributed by atoms with Gasteiger partial charge in [-0.1, -0.05) is 6.07 Å². The lowest BCUT2D eigenvalue weighted by Gasteiger charge is -2.13. The Morgan fingerprint density at radius 2 is 2.28 bits per heavy atom. The van der Waals surface area contributed by atoms with Crippen molar-refractivity contribution < 1.29 is 14.7 Å². The van der Waals surface area contributed by atoms with E-state index in [9.17, 15) is 9.59 Å². The Bertz CT molecular complexity index is 415. The molecule has 0 aromatic carbocycles. The Hall–Kier alpha value is -1.40. The van der Waals surface area contributed by atoms with Crippen LogP contribution in [-0.2, 0) is 9.59 Å². The molecule has 1 aromatic rings. The van der Waals surface area contributed by atoms with Crippen LogP contribution in [0.4, 0.5) is 0 Å². The molecule has 5 nitrogen and oxygen atoms in total. The van der Waals surface area contributed by atoms with Gasteiger partial charge in [0.1, 0.15) is 0 Å². The largest absolute Gasteiger partial charge is 0.479 e. The molecule has 1 aliphatic rings. The van der Waals surface area contributed by atoms with Crippen LogP contribution in [0.25, 0.3) is 0 Å². The first-order chi connectivity index (χ1) is 8.66. The van der Waals surface area contributed by atoms with E-state index in [1.54, 1.807) is 17.5 Å². The number of rotatable bonds is 7. The van der Waals surface area contributed by atoms with Crippen molar-refractivity contribution in [2.75, 3.05) is 6.54 Å². The van der Waals surface area contributed by atoms with Gasteiger partial charge in [0, 0.05) is 23.9 Å². The topological polar surface area (TPSA) is 78.4 Å². The Morgan fingerprint density at radius 1 is 1.50 bits per heavy atom. The Morgan fingerprint density at radius 3 is 2.83 bits per heavy atom. The summed E-state index contributed by atoms with van der Waals surface area (Å²) in [6, 6.07) is 3.12. The van der Waals surface area contributed by atoms with Gasteiger partial charge in [0.15, 0.2) is 6.04 Å². The highest BCUT2D eigenvalue weighted by molar-refractivity contribution is 7.10. The van der Waals surface area contributed by atoms with E-state index < -0.39 is 12.0 Å². The van der Waals surface area contributed by atoms with E-state index in [4.69, 9.17) is 5.11 Å². The van der Waals surface area contributed by atoms with Gasteiger partial charge in [-0.05, 0) is 24.3 Å². The van der Waals surface area contributed by atoms with E-state index in [-0.39, 0.29) is 5.91 Å². The van der Waals surface area contributed by atoms with Gasteiger partial charge in [-0.3, -0.25) is 4.79 Å². The number of hydrogen-bond donors (Lipinski definition) is 3. The molecular weight excluding hydrogens is 252 g/mol. The van der Waals surface area contributed by atoms with E-state index in [1.165, 1.54) is 24.2 Å². The smallest absolute Gasteiger partial charge is 0.331 e. The van der Waals surface area contributed by atoms with Crippen LogP contribution < -0.4 is 10.6 Å². The summed E-state index contributed by atoms with van der Waals surface area (Å²) in [4.78, 5) is 23.4. The summed E-state index contributed by atoms with van der Waals surface area (Å²) in [6.45, 7) is 0.604. The summed E-state index contributed by atoms with van der Waals surface area (Å²) in [5.41, 5.74) is 0. The number of amides is 1. The van der Waals surface area contributed by atoms with Gasteiger partial charge >= 0.3 is 5.97 Å². The number of thiophene rings is 1. The van der Waals surface area contributed by atoms with E-state index in [0.717, 1.165) is 0 Å². The molecule has 0 spiro atoms. The first-order valence-electron chi connectivity index (χ1n) is 5.96. The number of nitrogens with one attached hydrogen (secondary N) is 2. The van der Waals surface area contributed by atoms with Crippen LogP contribution in [0.1, 0.15) is 30.2 Å². The summed E-state index contributed by atoms with van der Waals surface area (Å²) in [7, 11) is 0. The Kier molecular flexibility index (Phi) is 4.33. The molecule has 0 bridgehead atoms. The van der Waals surface area contributed by atoms with Gasteiger partial charge in [-0.2, -0.15) is 0 Å². The van der Waals surface area contributed by atoms with Crippen molar-refractivity contribution in [1.29, 1.82) is 0 Å². The lowest BCUT2D eigenvalue weighted by Crippen LogP contribution is -2.35. The molecule has 6 heteroatoms. The van der Waals surface area contributed by atoms with Crippen molar-refractivity contribution in [2.24, 2.45) is 0 Å². The van der Waals surface area contributed by atoms with Gasteiger partial charge in [0.05, 0.1) is 0 Å². The zero-order valence-corrected chi connectivity index (χ0v) is 10.7. The highest BCUT2D eigenvalue weighted by atomic mass is 32.1. The lowest BCUT2D eigenvalue weighted by molar-refractivity contribution is -0.141. The van der Waals surface area contributed by atoms with Crippen molar-refractivity contribution in [1.82, 2.24) is 10.6 Å². The Labute approximate surface area is 109 Å². The highest BCUT2D eigenvalue weighted by Crippen LogP contribution is 2.20. The van der Waals surface area contributed by atoms with Crippen LogP contribution in [0, 0.1) is 0 Å². The summed E-state index contributed by atoms with van der Waals surface area (Å²) < 4.78 is 0. The second kappa shape index (κ2) is 5.97. The molecular formula is C12H16N2O3S. The predicted molar refractivity (Wildman–Crippen MR) is 68.5 cm³/mol. The predicted octanol–water partition coefficient (Wildman–Crippen LogP) is 1.13. The van der Waals surface area contributed by atoms with Gasteiger partial charge in [0.2, 0.25) is 5.91 Å². The second-order valence-corrected chi connectivity index (χ2v) is 5.31. The highest BCUT2D eigenvalue weighted by Gasteiger charge is 2.23. The molecule has 0 saturated heterocycles. The summed E-state index contributed by atoms with van der Waals surface area (Å²) in [5.74, 6) is -1.26. The molecule has 1 unspecified atom stereocenters. The maximum Gasteiger partial charge on any atom is 0.331 e. The number of aliphatic carboxylic acids is 1. The van der Waals surface area contributed by atoms with E-state index in [2.05, 4.69) is 10.6 Å². The maximum atomic E-state index is 11.6. The molecule has 2 rings (SSSR count). The molecule has 98 valence electrons. The minimum Gasteiger partial charge on any atom is -0.479 e. The average Bonchev–Trinajstić information content (AvgIpc) is 2.99. The summed E-state index contributed by atoms with van der Waals surface area (Å²) in [5, 5.41) is 16.7. The molecule has 0 radical (unpaired) electrons. The monoisotopic (exact) mass is 268 g/mol. The second-order valence-electron chi connectivity index (χ2n) is 4.33. The third-order valence-electron chi connectivity index (χ3n) is 2.74. The molecule has 1 heterocycles. The summed E-state index contributed by atoms with van der Waals surface area (Å²) in [6.07, 6.45) is 2.66. The SMILES string of the molecule is O=C(CCNC1CC1)NC(C(=O)O)c1cccs1. The fourth-order valence-electron chi connectivity index (χ4n) is 1.62. The average molecular weight is 268 g/mol. The molecule has 18 heavy (non-hydrogen) atoms. The number of carbonyl (C=O) groups is 2. The number of carbonyl (C=O) groups excluding carboxylic acids is 1. The lowest BCUT2D eigenvalue weighted by atomic mass is 10.2. The fourth-order valence-corrected chi connectivity index (χ4v) is 2.39. The van der Waals surface area contributed by atoms with Crippen LogP contribution in [0.2, 0.25) is 0 Å². The standard InChI is InChI=1S/C12H16N2O3S/c15-10(5-6-13-8-3-4-8)14-11(12(16)17)9-2-1-7-18-9/h1-2,7-8,11,13H,3-6H2,(H,14,15)(H,16,17). The molecule has 0 aliphatic heterocycles. The van der Waals surface area contributed by atoms with E-state index in [0.29, 0.717) is 23.9 Å². The van der Waals surface area contributed by atoms with Crippen LogP contribution in [0.5, 0.6) is 0 Å². The number of carboxylic acid groups (broad SMARTS) is 1. The third-order valence-corrected chi connectivity index (χ3v) is 3.68. The molecule has 3 N–H and O–H groups in total. The zero-order valence-electron chi connectivity index (χ0n) is 9.89. The van der Waals surface area contributed by atoms with Gasteiger partial charge in [0.25, 0.3) is 0 Å². The zero-order chi connectivity index (χ0) is 13.0. The Balaban J connectivity index is 1.80. The molecule has 1 atom stereocenters. The van der Waals surface area contributed by atoms with Crippen molar-refractivity contribution >= 4 is 23.2 Å². The first kappa shape index (κ1) is 13.0. The summed E-state index contributed by atoms with van der Waals surface area (Å²) >= 11 is 1.33. The minimum atomic E-state index is -1.03. The van der Waals surface area contributed by atoms with E-state index in [1.807, 2.05) is 0 Å². The minimum absolute atomic E-state index is 0.232. The first-order valence-corrected chi connectivity index (χ1v) is 6.83. The van der Waals surface area contributed by atoms with Crippen LogP contribution in [0.3, 0.4) is 0 Å². The number of hydrogen-bond acceptors (Lipinski definition) is 4. The molecule has 1 saturated carbocycles. The normalized spacial score (nSPS) is 16.2. The molecule has 1 amide bonds. The van der Waals surface area contributed by atoms with Gasteiger partial charge < -0.3 is 15.7 Å². The van der Waals surface area contributed by atoms with Crippen molar-refractivity contribution in [3.05, 3.63) is 22.4 Å². The van der Waals surface area contributed by atoms with Crippen molar-refractivity contribution in [3.8, 4) is 0 Å². The van der Waals surface area contributed by atoms with E-state index >= 15 is 0 Å².